The third-order valence-electron chi connectivity index (χ3n) is 3.63. The van der Waals surface area contributed by atoms with Crippen LogP contribution in [0.1, 0.15) is 5.56 Å². The second-order valence-electron chi connectivity index (χ2n) is 5.53. The number of carboxylic acid groups (broad SMARTS) is 1. The Kier molecular flexibility index (Phi) is 5.18. The molecule has 8 heteroatoms. The summed E-state index contributed by atoms with van der Waals surface area (Å²) in [5.41, 5.74) is 0.560. The van der Waals surface area contributed by atoms with Crippen LogP contribution in [0.5, 0.6) is 5.75 Å². The number of pyridine rings is 1. The van der Waals surface area contributed by atoms with Gasteiger partial charge >= 0.3 is 12.3 Å². The van der Waals surface area contributed by atoms with Crippen LogP contribution in [-0.2, 0) is 6.18 Å². The minimum absolute atomic E-state index is 0.0390. The number of carbonyl (C=O) groups is 1. The van der Waals surface area contributed by atoms with Gasteiger partial charge < -0.3 is 9.84 Å². The van der Waals surface area contributed by atoms with Crippen molar-refractivity contribution in [3.63, 3.8) is 0 Å². The fourth-order valence-corrected chi connectivity index (χ4v) is 2.70. The molecule has 1 heterocycles. The molecule has 0 amide bonds. The summed E-state index contributed by atoms with van der Waals surface area (Å²) >= 11 is 3.31. The maximum absolute atomic E-state index is 13.0. The van der Waals surface area contributed by atoms with Gasteiger partial charge in [0.2, 0.25) is 0 Å². The molecule has 0 atom stereocenters. The van der Waals surface area contributed by atoms with Gasteiger partial charge in [-0.3, -0.25) is 0 Å². The van der Waals surface area contributed by atoms with Gasteiger partial charge in [-0.25, -0.2) is 9.78 Å². The van der Waals surface area contributed by atoms with Gasteiger partial charge in [0.15, 0.2) is 0 Å². The van der Waals surface area contributed by atoms with Crippen molar-refractivity contribution < 1.29 is 27.8 Å². The average Bonchev–Trinajstić information content (AvgIpc) is 2.61. The highest BCUT2D eigenvalue weighted by Gasteiger charge is 2.30. The number of nitrogens with zero attached hydrogens (tertiary/aromatic N) is 1. The monoisotopic (exact) mass is 437 g/mol. The van der Waals surface area contributed by atoms with Crippen LogP contribution in [-0.4, -0.2) is 16.2 Å². The van der Waals surface area contributed by atoms with Crippen LogP contribution in [0.2, 0.25) is 0 Å². The highest BCUT2D eigenvalue weighted by Crippen LogP contribution is 2.34. The average molecular weight is 438 g/mol. The van der Waals surface area contributed by atoms with E-state index in [-0.39, 0.29) is 17.0 Å². The third kappa shape index (κ3) is 4.65. The van der Waals surface area contributed by atoms with E-state index in [1.807, 2.05) is 0 Å². The zero-order chi connectivity index (χ0) is 19.6. The second kappa shape index (κ2) is 7.40. The van der Waals surface area contributed by atoms with Gasteiger partial charge in [0, 0.05) is 27.7 Å². The summed E-state index contributed by atoms with van der Waals surface area (Å²) < 4.78 is 44.5. The Morgan fingerprint density at radius 3 is 2.19 bits per heavy atom. The molecule has 0 radical (unpaired) electrons. The van der Waals surface area contributed by atoms with Crippen molar-refractivity contribution >= 4 is 22.1 Å². The lowest BCUT2D eigenvalue weighted by Gasteiger charge is -2.11. The number of halogens is 4. The lowest BCUT2D eigenvalue weighted by Crippen LogP contribution is -2.05. The fraction of sp³-hybridized carbons (Fsp3) is 0.0526. The molecular formula is C19H11BrF3NO3. The zero-order valence-electron chi connectivity index (χ0n) is 13.5. The molecular weight excluding hydrogens is 427 g/mol. The van der Waals surface area contributed by atoms with Gasteiger partial charge in [0.1, 0.15) is 5.75 Å². The number of hydrogen-bond donors (Lipinski definition) is 1. The summed E-state index contributed by atoms with van der Waals surface area (Å²) in [5.74, 6) is -0.0390. The van der Waals surface area contributed by atoms with Crippen molar-refractivity contribution in [3.8, 4) is 28.3 Å². The van der Waals surface area contributed by atoms with E-state index in [0.717, 1.165) is 16.6 Å². The Morgan fingerprint density at radius 1 is 0.963 bits per heavy atom. The molecule has 27 heavy (non-hydrogen) atoms. The molecule has 0 aliphatic rings. The predicted molar refractivity (Wildman–Crippen MR) is 96.5 cm³/mol. The normalized spacial score (nSPS) is 11.3. The lowest BCUT2D eigenvalue weighted by molar-refractivity contribution is -0.137. The Balaban J connectivity index is 2.13. The Labute approximate surface area is 160 Å². The first-order valence-electron chi connectivity index (χ1n) is 7.59. The van der Waals surface area contributed by atoms with Crippen LogP contribution in [0.3, 0.4) is 0 Å². The molecule has 0 fully saturated rings. The second-order valence-corrected chi connectivity index (χ2v) is 6.44. The quantitative estimate of drug-likeness (QED) is 0.491. The van der Waals surface area contributed by atoms with Gasteiger partial charge in [-0.15, -0.1) is 0 Å². The largest absolute Gasteiger partial charge is 0.511 e. The van der Waals surface area contributed by atoms with E-state index in [4.69, 9.17) is 9.84 Å². The molecule has 1 aromatic heterocycles. The Bertz CT molecular complexity index is 988. The molecule has 2 aromatic carbocycles. The Morgan fingerprint density at radius 2 is 1.59 bits per heavy atom. The number of ether oxygens (including phenoxy) is 1. The maximum atomic E-state index is 13.0. The molecule has 0 spiro atoms. The molecule has 0 unspecified atom stereocenters. The zero-order valence-corrected chi connectivity index (χ0v) is 15.1. The lowest BCUT2D eigenvalue weighted by atomic mass is 10.1. The topological polar surface area (TPSA) is 59.4 Å². The molecule has 4 nitrogen and oxygen atoms in total. The SMILES string of the molecule is O=C(O)Oc1cc(-c2ccc(Br)cc2)nc(-c2cccc(C(F)(F)F)c2)c1. The molecule has 0 aliphatic heterocycles. The minimum atomic E-state index is -4.50. The van der Waals surface area contributed by atoms with E-state index in [1.54, 1.807) is 24.3 Å². The van der Waals surface area contributed by atoms with Gasteiger partial charge in [0.25, 0.3) is 0 Å². The number of rotatable bonds is 3. The van der Waals surface area contributed by atoms with Crippen LogP contribution in [0.15, 0.2) is 65.1 Å². The van der Waals surface area contributed by atoms with Crippen molar-refractivity contribution in [1.82, 2.24) is 4.98 Å². The van der Waals surface area contributed by atoms with Gasteiger partial charge in [-0.1, -0.05) is 40.2 Å². The molecule has 138 valence electrons. The predicted octanol–water partition coefficient (Wildman–Crippen LogP) is 6.25. The Hall–Kier alpha value is -2.87. The van der Waals surface area contributed by atoms with Gasteiger partial charge in [0.05, 0.1) is 17.0 Å². The highest BCUT2D eigenvalue weighted by molar-refractivity contribution is 9.10. The molecule has 3 rings (SSSR count). The summed E-state index contributed by atoms with van der Waals surface area (Å²) in [6.07, 6.45) is -6.03. The third-order valence-corrected chi connectivity index (χ3v) is 4.16. The molecule has 0 aliphatic carbocycles. The fourth-order valence-electron chi connectivity index (χ4n) is 2.44. The number of benzene rings is 2. The van der Waals surface area contributed by atoms with E-state index in [9.17, 15) is 18.0 Å². The van der Waals surface area contributed by atoms with Crippen molar-refractivity contribution in [2.75, 3.05) is 0 Å². The van der Waals surface area contributed by atoms with Gasteiger partial charge in [-0.2, -0.15) is 13.2 Å². The van der Waals surface area contributed by atoms with Crippen LogP contribution in [0.25, 0.3) is 22.5 Å². The standard InChI is InChI=1S/C19H11BrF3NO3/c20-14-6-4-11(5-7-14)16-9-15(27-18(25)26)10-17(24-16)12-2-1-3-13(8-12)19(21,22)23/h1-10H,(H,25,26). The molecule has 1 N–H and O–H groups in total. The van der Waals surface area contributed by atoms with Crippen LogP contribution >= 0.6 is 15.9 Å². The van der Waals surface area contributed by atoms with Crippen molar-refractivity contribution in [3.05, 3.63) is 70.7 Å². The number of hydrogen-bond acceptors (Lipinski definition) is 3. The number of alkyl halides is 3. The van der Waals surface area contributed by atoms with Crippen molar-refractivity contribution in [1.29, 1.82) is 0 Å². The first-order chi connectivity index (χ1) is 12.7. The van der Waals surface area contributed by atoms with Crippen LogP contribution in [0, 0.1) is 0 Å². The van der Waals surface area contributed by atoms with Gasteiger partial charge in [-0.05, 0) is 24.3 Å². The first kappa shape index (κ1) is 18.9. The van der Waals surface area contributed by atoms with E-state index < -0.39 is 17.9 Å². The summed E-state index contributed by atoms with van der Waals surface area (Å²) in [6.45, 7) is 0. The molecule has 3 aromatic rings. The molecule has 0 saturated carbocycles. The summed E-state index contributed by atoms with van der Waals surface area (Å²) in [5, 5.41) is 8.88. The smallest absolute Gasteiger partial charge is 0.449 e. The number of aromatic nitrogens is 1. The van der Waals surface area contributed by atoms with E-state index in [1.165, 1.54) is 24.3 Å². The highest BCUT2D eigenvalue weighted by atomic mass is 79.9. The minimum Gasteiger partial charge on any atom is -0.449 e. The maximum Gasteiger partial charge on any atom is 0.511 e. The molecule has 0 saturated heterocycles. The van der Waals surface area contributed by atoms with E-state index in [2.05, 4.69) is 20.9 Å². The molecule has 0 bridgehead atoms. The first-order valence-corrected chi connectivity index (χ1v) is 8.38. The van der Waals surface area contributed by atoms with Crippen molar-refractivity contribution in [2.24, 2.45) is 0 Å². The van der Waals surface area contributed by atoms with Crippen molar-refractivity contribution in [2.45, 2.75) is 6.18 Å². The van der Waals surface area contributed by atoms with Crippen LogP contribution < -0.4 is 4.74 Å². The van der Waals surface area contributed by atoms with E-state index >= 15 is 0 Å². The van der Waals surface area contributed by atoms with Crippen LogP contribution in [0.4, 0.5) is 18.0 Å². The van der Waals surface area contributed by atoms with E-state index in [0.29, 0.717) is 11.3 Å². The summed E-state index contributed by atoms with van der Waals surface area (Å²) in [6, 6.07) is 14.4. The summed E-state index contributed by atoms with van der Waals surface area (Å²) in [4.78, 5) is 15.3. The summed E-state index contributed by atoms with van der Waals surface area (Å²) in [7, 11) is 0.